The predicted molar refractivity (Wildman–Crippen MR) is 107 cm³/mol. The lowest BCUT2D eigenvalue weighted by molar-refractivity contribution is 0.134. The summed E-state index contributed by atoms with van der Waals surface area (Å²) in [6, 6.07) is 10.2. The van der Waals surface area contributed by atoms with Crippen LogP contribution in [0.4, 0.5) is 0 Å². The number of hydrogen-bond donors (Lipinski definition) is 0. The van der Waals surface area contributed by atoms with E-state index in [0.29, 0.717) is 0 Å². The summed E-state index contributed by atoms with van der Waals surface area (Å²) in [7, 11) is 4.41. The molecule has 0 bridgehead atoms. The van der Waals surface area contributed by atoms with Gasteiger partial charge < -0.3 is 9.47 Å². The Morgan fingerprint density at radius 1 is 1.08 bits per heavy atom. The molecule has 26 heavy (non-hydrogen) atoms. The Kier molecular flexibility index (Phi) is 5.49. The Morgan fingerprint density at radius 2 is 1.81 bits per heavy atom. The first-order valence-electron chi connectivity index (χ1n) is 8.96. The number of likely N-dealkylation sites (N-methyl/N-ethyl adjacent to an activating group) is 1. The first kappa shape index (κ1) is 18.7. The maximum atomic E-state index is 4.53. The second-order valence-corrected chi connectivity index (χ2v) is 7.24. The predicted octanol–water partition coefficient (Wildman–Crippen LogP) is 4.03. The van der Waals surface area contributed by atoms with Crippen molar-refractivity contribution in [2.45, 2.75) is 37.8 Å². The summed E-state index contributed by atoms with van der Waals surface area (Å²) >= 11 is 0. The molecule has 2 aromatic heterocycles. The fourth-order valence-corrected chi connectivity index (χ4v) is 3.96. The highest BCUT2D eigenvalue weighted by molar-refractivity contribution is 5.85. The number of aromatic nitrogens is 4. The quantitative estimate of drug-likeness (QED) is 0.679. The van der Waals surface area contributed by atoms with Gasteiger partial charge in [-0.2, -0.15) is 5.10 Å². The van der Waals surface area contributed by atoms with E-state index in [1.54, 1.807) is 0 Å². The summed E-state index contributed by atoms with van der Waals surface area (Å²) in [5, 5.41) is 4.53. The number of para-hydroxylation sites is 1. The summed E-state index contributed by atoms with van der Waals surface area (Å²) in [6.07, 6.45) is 13.0. The zero-order valence-corrected chi connectivity index (χ0v) is 16.2. The molecule has 0 radical (unpaired) electrons. The van der Waals surface area contributed by atoms with Gasteiger partial charge in [0.15, 0.2) is 0 Å². The topological polar surface area (TPSA) is 38.9 Å². The molecule has 0 unspecified atom stereocenters. The smallest absolute Gasteiger partial charge is 0.0951 e. The second kappa shape index (κ2) is 7.64. The van der Waals surface area contributed by atoms with Gasteiger partial charge in [-0.3, -0.25) is 0 Å². The minimum atomic E-state index is 0. The Hall–Kier alpha value is -2.11. The van der Waals surface area contributed by atoms with Crippen LogP contribution in [0.2, 0.25) is 0 Å². The first-order valence-corrected chi connectivity index (χ1v) is 8.96. The van der Waals surface area contributed by atoms with E-state index in [2.05, 4.69) is 52.0 Å². The van der Waals surface area contributed by atoms with E-state index in [0.717, 1.165) is 23.5 Å². The molecule has 4 rings (SSSR count). The van der Waals surface area contributed by atoms with Crippen molar-refractivity contribution in [3.8, 4) is 16.9 Å². The van der Waals surface area contributed by atoms with Crippen molar-refractivity contribution in [1.82, 2.24) is 24.2 Å². The Balaban J connectivity index is 0.00000196. The van der Waals surface area contributed by atoms with Crippen molar-refractivity contribution in [2.24, 2.45) is 0 Å². The molecule has 0 N–H and O–H groups in total. The number of nitrogens with zero attached hydrogens (tertiary/aromatic N) is 5. The molecule has 0 atom stereocenters. The average molecular weight is 372 g/mol. The molecule has 1 aromatic carbocycles. The Morgan fingerprint density at radius 3 is 2.50 bits per heavy atom. The molecule has 1 aliphatic carbocycles. The number of hydrogen-bond acceptors (Lipinski definition) is 3. The van der Waals surface area contributed by atoms with Crippen molar-refractivity contribution >= 4 is 12.4 Å². The highest BCUT2D eigenvalue weighted by atomic mass is 35.5. The van der Waals surface area contributed by atoms with E-state index in [1.807, 2.05) is 41.6 Å². The minimum Gasteiger partial charge on any atom is -0.329 e. The van der Waals surface area contributed by atoms with Gasteiger partial charge in [0, 0.05) is 23.8 Å². The van der Waals surface area contributed by atoms with Gasteiger partial charge in [0.05, 0.1) is 30.1 Å². The van der Waals surface area contributed by atoms with E-state index in [1.165, 1.54) is 25.7 Å². The molecule has 1 saturated carbocycles. The molecular formula is C20H26ClN5. The third-order valence-electron chi connectivity index (χ3n) is 5.56. The largest absolute Gasteiger partial charge is 0.329 e. The zero-order valence-electron chi connectivity index (χ0n) is 15.4. The summed E-state index contributed by atoms with van der Waals surface area (Å²) in [5.41, 5.74) is 3.55. The van der Waals surface area contributed by atoms with Gasteiger partial charge in [0.2, 0.25) is 0 Å². The molecule has 0 aliphatic heterocycles. The summed E-state index contributed by atoms with van der Waals surface area (Å²) < 4.78 is 4.21. The monoisotopic (exact) mass is 371 g/mol. The zero-order chi connectivity index (χ0) is 17.3. The molecule has 6 heteroatoms. The highest BCUT2D eigenvalue weighted by Crippen LogP contribution is 2.36. The number of imidazole rings is 1. The molecule has 1 aliphatic rings. The molecule has 5 nitrogen and oxygen atoms in total. The maximum Gasteiger partial charge on any atom is 0.0951 e. The summed E-state index contributed by atoms with van der Waals surface area (Å²) in [6.45, 7) is 0.978. The van der Waals surface area contributed by atoms with Crippen LogP contribution >= 0.6 is 12.4 Å². The van der Waals surface area contributed by atoms with Gasteiger partial charge in [0.1, 0.15) is 0 Å². The van der Waals surface area contributed by atoms with Crippen LogP contribution < -0.4 is 0 Å². The van der Waals surface area contributed by atoms with Crippen LogP contribution in [0.15, 0.2) is 55.2 Å². The molecule has 1 fully saturated rings. The van der Waals surface area contributed by atoms with Gasteiger partial charge in [-0.05, 0) is 39.1 Å². The fourth-order valence-electron chi connectivity index (χ4n) is 3.96. The third-order valence-corrected chi connectivity index (χ3v) is 5.56. The standard InChI is InChI=1S/C20H25N5.ClH/c1-23(2)20(10-6-7-11-20)15-24-16-21-13-19(24)17-12-22-25(14-17)18-8-4-3-5-9-18;/h3-5,8-9,12-14,16H,6-7,10-11,15H2,1-2H3;1H. The van der Waals surface area contributed by atoms with E-state index < -0.39 is 0 Å². The van der Waals surface area contributed by atoms with E-state index in [4.69, 9.17) is 0 Å². The van der Waals surface area contributed by atoms with E-state index >= 15 is 0 Å². The third kappa shape index (κ3) is 3.41. The van der Waals surface area contributed by atoms with Crippen LogP contribution in [-0.4, -0.2) is 43.9 Å². The normalized spacial score (nSPS) is 16.0. The number of benzene rings is 1. The van der Waals surface area contributed by atoms with Gasteiger partial charge >= 0.3 is 0 Å². The molecular weight excluding hydrogens is 346 g/mol. The van der Waals surface area contributed by atoms with Crippen LogP contribution in [0.1, 0.15) is 25.7 Å². The van der Waals surface area contributed by atoms with E-state index in [9.17, 15) is 0 Å². The molecule has 3 aromatic rings. The molecule has 138 valence electrons. The van der Waals surface area contributed by atoms with E-state index in [-0.39, 0.29) is 17.9 Å². The van der Waals surface area contributed by atoms with Crippen LogP contribution in [0.3, 0.4) is 0 Å². The lowest BCUT2D eigenvalue weighted by Crippen LogP contribution is -2.45. The maximum absolute atomic E-state index is 4.53. The summed E-state index contributed by atoms with van der Waals surface area (Å²) in [5.74, 6) is 0. The van der Waals surface area contributed by atoms with Crippen molar-refractivity contribution in [3.05, 3.63) is 55.2 Å². The molecule has 0 spiro atoms. The lowest BCUT2D eigenvalue weighted by atomic mass is 9.95. The first-order chi connectivity index (χ1) is 12.2. The van der Waals surface area contributed by atoms with Crippen LogP contribution in [0.5, 0.6) is 0 Å². The number of halogens is 1. The summed E-state index contributed by atoms with van der Waals surface area (Å²) in [4.78, 5) is 6.82. The Bertz CT molecular complexity index is 831. The minimum absolute atomic E-state index is 0. The number of rotatable bonds is 5. The van der Waals surface area contributed by atoms with Crippen LogP contribution in [0, 0.1) is 0 Å². The average Bonchev–Trinajstić information content (AvgIpc) is 3.36. The van der Waals surface area contributed by atoms with Crippen LogP contribution in [-0.2, 0) is 6.54 Å². The Labute approximate surface area is 161 Å². The molecule has 2 heterocycles. The van der Waals surface area contributed by atoms with Crippen molar-refractivity contribution in [3.63, 3.8) is 0 Å². The van der Waals surface area contributed by atoms with Gasteiger partial charge in [0.25, 0.3) is 0 Å². The van der Waals surface area contributed by atoms with Gasteiger partial charge in [-0.1, -0.05) is 31.0 Å². The second-order valence-electron chi connectivity index (χ2n) is 7.24. The SMILES string of the molecule is CN(C)C1(Cn2cncc2-c2cnn(-c3ccccc3)c2)CCCC1.Cl. The van der Waals surface area contributed by atoms with Crippen molar-refractivity contribution in [1.29, 1.82) is 0 Å². The molecule has 0 amide bonds. The van der Waals surface area contributed by atoms with Gasteiger partial charge in [-0.15, -0.1) is 12.4 Å². The van der Waals surface area contributed by atoms with Crippen molar-refractivity contribution in [2.75, 3.05) is 14.1 Å². The van der Waals surface area contributed by atoms with Crippen molar-refractivity contribution < 1.29 is 0 Å². The molecule has 0 saturated heterocycles. The highest BCUT2D eigenvalue weighted by Gasteiger charge is 2.36. The fraction of sp³-hybridized carbons (Fsp3) is 0.400. The van der Waals surface area contributed by atoms with Gasteiger partial charge in [-0.25, -0.2) is 9.67 Å². The van der Waals surface area contributed by atoms with Crippen LogP contribution in [0.25, 0.3) is 16.9 Å². The lowest BCUT2D eigenvalue weighted by Gasteiger charge is -2.37.